The van der Waals surface area contributed by atoms with E-state index in [1.165, 1.54) is 24.3 Å². The van der Waals surface area contributed by atoms with Crippen LogP contribution in [0.5, 0.6) is 0 Å². The first-order chi connectivity index (χ1) is 12.0. The van der Waals surface area contributed by atoms with Crippen molar-refractivity contribution < 1.29 is 27.9 Å². The minimum atomic E-state index is -4.88. The van der Waals surface area contributed by atoms with Crippen molar-refractivity contribution >= 4 is 17.6 Å². The number of anilines is 1. The molecule has 0 aliphatic heterocycles. The van der Waals surface area contributed by atoms with E-state index in [0.717, 1.165) is 6.42 Å². The predicted molar refractivity (Wildman–Crippen MR) is 86.0 cm³/mol. The molecule has 6 nitrogen and oxygen atoms in total. The second kappa shape index (κ2) is 5.86. The number of carboxylic acids is 1. The van der Waals surface area contributed by atoms with Crippen LogP contribution in [0.4, 0.5) is 18.9 Å². The monoisotopic (exact) mass is 367 g/mol. The number of hydrogen-bond acceptors (Lipinski definition) is 3. The van der Waals surface area contributed by atoms with Crippen LogP contribution in [0.3, 0.4) is 0 Å². The SMILES string of the molecule is CC1(C)C[C@@H]1C(=O)Nc1ccc(-n2ncc(C(=O)O)c2C(F)(F)F)cc1. The molecule has 0 radical (unpaired) electrons. The lowest BCUT2D eigenvalue weighted by atomic mass is 10.1. The number of amides is 1. The highest BCUT2D eigenvalue weighted by Gasteiger charge is 2.50. The Balaban J connectivity index is 1.85. The molecule has 0 bridgehead atoms. The minimum Gasteiger partial charge on any atom is -0.478 e. The number of aromatic nitrogens is 2. The quantitative estimate of drug-likeness (QED) is 0.865. The predicted octanol–water partition coefficient (Wildman–Crippen LogP) is 3.57. The van der Waals surface area contributed by atoms with Crippen molar-refractivity contribution in [2.45, 2.75) is 26.4 Å². The van der Waals surface area contributed by atoms with Crippen LogP contribution in [0.1, 0.15) is 36.3 Å². The van der Waals surface area contributed by atoms with Gasteiger partial charge in [0.1, 0.15) is 5.56 Å². The maximum absolute atomic E-state index is 13.2. The Kier molecular flexibility index (Phi) is 4.05. The number of nitrogens with zero attached hydrogens (tertiary/aromatic N) is 2. The number of rotatable bonds is 4. The number of nitrogens with one attached hydrogen (secondary N) is 1. The van der Waals surface area contributed by atoms with E-state index in [1.807, 2.05) is 13.8 Å². The first-order valence-corrected chi connectivity index (χ1v) is 7.80. The molecule has 2 N–H and O–H groups in total. The molecule has 1 aliphatic rings. The summed E-state index contributed by atoms with van der Waals surface area (Å²) in [5.41, 5.74) is -1.84. The molecule has 1 atom stereocenters. The summed E-state index contributed by atoms with van der Waals surface area (Å²) in [6, 6.07) is 5.57. The molecule has 3 rings (SSSR count). The number of aromatic carboxylic acids is 1. The molecule has 1 amide bonds. The van der Waals surface area contributed by atoms with E-state index in [9.17, 15) is 22.8 Å². The van der Waals surface area contributed by atoms with E-state index < -0.39 is 23.4 Å². The molecule has 1 saturated carbocycles. The lowest BCUT2D eigenvalue weighted by Gasteiger charge is -2.12. The van der Waals surface area contributed by atoms with Crippen LogP contribution in [-0.2, 0) is 11.0 Å². The molecule has 0 spiro atoms. The van der Waals surface area contributed by atoms with Crippen LogP contribution in [0.2, 0.25) is 0 Å². The number of halogens is 3. The van der Waals surface area contributed by atoms with Crippen molar-refractivity contribution in [3.63, 3.8) is 0 Å². The van der Waals surface area contributed by atoms with Crippen LogP contribution in [0.15, 0.2) is 30.5 Å². The first kappa shape index (κ1) is 18.0. The highest BCUT2D eigenvalue weighted by molar-refractivity contribution is 5.95. The summed E-state index contributed by atoms with van der Waals surface area (Å²) in [5, 5.41) is 15.2. The zero-order valence-corrected chi connectivity index (χ0v) is 14.0. The van der Waals surface area contributed by atoms with Gasteiger partial charge in [0.15, 0.2) is 5.69 Å². The molecule has 2 aromatic rings. The van der Waals surface area contributed by atoms with Crippen molar-refractivity contribution in [3.05, 3.63) is 41.7 Å². The van der Waals surface area contributed by atoms with Gasteiger partial charge in [0.2, 0.25) is 5.91 Å². The summed E-state index contributed by atoms with van der Waals surface area (Å²) >= 11 is 0. The fraction of sp³-hybridized carbons (Fsp3) is 0.353. The van der Waals surface area contributed by atoms with Crippen LogP contribution in [0, 0.1) is 11.3 Å². The molecule has 1 aromatic carbocycles. The molecule has 1 fully saturated rings. The third-order valence-electron chi connectivity index (χ3n) is 4.48. The molecule has 1 heterocycles. The summed E-state index contributed by atoms with van der Waals surface area (Å²) in [6.45, 7) is 3.97. The van der Waals surface area contributed by atoms with Crippen molar-refractivity contribution in [2.75, 3.05) is 5.32 Å². The smallest absolute Gasteiger partial charge is 0.434 e. The van der Waals surface area contributed by atoms with Crippen LogP contribution in [0.25, 0.3) is 5.69 Å². The fourth-order valence-electron chi connectivity index (χ4n) is 2.80. The lowest BCUT2D eigenvalue weighted by molar-refractivity contribution is -0.143. The Morgan fingerprint density at radius 2 is 1.85 bits per heavy atom. The van der Waals surface area contributed by atoms with Crippen LogP contribution >= 0.6 is 0 Å². The summed E-state index contributed by atoms with van der Waals surface area (Å²) in [6.07, 6.45) is -3.43. The maximum Gasteiger partial charge on any atom is 0.434 e. The molecule has 0 unspecified atom stereocenters. The summed E-state index contributed by atoms with van der Waals surface area (Å²) in [4.78, 5) is 23.1. The average molecular weight is 367 g/mol. The molecular formula is C17H16F3N3O3. The first-order valence-electron chi connectivity index (χ1n) is 7.80. The average Bonchev–Trinajstić information content (AvgIpc) is 2.96. The lowest BCUT2D eigenvalue weighted by Crippen LogP contribution is -2.18. The van der Waals surface area contributed by atoms with Gasteiger partial charge < -0.3 is 10.4 Å². The van der Waals surface area contributed by atoms with Gasteiger partial charge in [-0.25, -0.2) is 9.48 Å². The standard InChI is InChI=1S/C17H16F3N3O3/c1-16(2)7-12(16)14(24)22-9-3-5-10(6-4-9)23-13(17(18,19)20)11(8-21-23)15(25)26/h3-6,8,12H,7H2,1-2H3,(H,22,24)(H,25,26)/t12-/m1/s1. The third-order valence-corrected chi connectivity index (χ3v) is 4.48. The Labute approximate surface area is 146 Å². The minimum absolute atomic E-state index is 0.0338. The van der Waals surface area contributed by atoms with E-state index in [4.69, 9.17) is 5.11 Å². The summed E-state index contributed by atoms with van der Waals surface area (Å²) in [5.74, 6) is -1.92. The Hall–Kier alpha value is -2.84. The number of benzene rings is 1. The zero-order chi connectivity index (χ0) is 19.3. The largest absolute Gasteiger partial charge is 0.478 e. The molecular weight excluding hydrogens is 351 g/mol. The van der Waals surface area contributed by atoms with Crippen molar-refractivity contribution in [1.29, 1.82) is 0 Å². The van der Waals surface area contributed by atoms with Gasteiger partial charge in [-0.15, -0.1) is 0 Å². The number of carbonyl (C=O) groups excluding carboxylic acids is 1. The molecule has 1 aliphatic carbocycles. The number of carbonyl (C=O) groups is 2. The highest BCUT2D eigenvalue weighted by Crippen LogP contribution is 2.52. The van der Waals surface area contributed by atoms with Gasteiger partial charge in [-0.1, -0.05) is 13.8 Å². The van der Waals surface area contributed by atoms with Gasteiger partial charge in [0.05, 0.1) is 11.9 Å². The topological polar surface area (TPSA) is 84.2 Å². The Morgan fingerprint density at radius 3 is 2.31 bits per heavy atom. The highest BCUT2D eigenvalue weighted by atomic mass is 19.4. The second-order valence-corrected chi connectivity index (χ2v) is 6.90. The molecule has 0 saturated heterocycles. The van der Waals surface area contributed by atoms with Gasteiger partial charge in [0, 0.05) is 11.6 Å². The second-order valence-electron chi connectivity index (χ2n) is 6.90. The Bertz CT molecular complexity index is 870. The normalized spacial score (nSPS) is 18.4. The molecule has 1 aromatic heterocycles. The van der Waals surface area contributed by atoms with Gasteiger partial charge in [-0.3, -0.25) is 4.79 Å². The maximum atomic E-state index is 13.2. The Morgan fingerprint density at radius 1 is 1.27 bits per heavy atom. The van der Waals surface area contributed by atoms with E-state index >= 15 is 0 Å². The van der Waals surface area contributed by atoms with Crippen molar-refractivity contribution in [3.8, 4) is 5.69 Å². The van der Waals surface area contributed by atoms with Crippen molar-refractivity contribution in [1.82, 2.24) is 9.78 Å². The molecule has 26 heavy (non-hydrogen) atoms. The van der Waals surface area contributed by atoms with Crippen LogP contribution < -0.4 is 5.32 Å². The summed E-state index contributed by atoms with van der Waals surface area (Å²) in [7, 11) is 0. The van der Waals surface area contributed by atoms with Crippen molar-refractivity contribution in [2.24, 2.45) is 11.3 Å². The zero-order valence-electron chi connectivity index (χ0n) is 14.0. The van der Waals surface area contributed by atoms with Crippen LogP contribution in [-0.4, -0.2) is 26.8 Å². The fourth-order valence-corrected chi connectivity index (χ4v) is 2.80. The van der Waals surface area contributed by atoms with E-state index in [2.05, 4.69) is 10.4 Å². The number of carboxylic acid groups (broad SMARTS) is 1. The van der Waals surface area contributed by atoms with E-state index in [0.29, 0.717) is 16.6 Å². The van der Waals surface area contributed by atoms with Gasteiger partial charge in [0.25, 0.3) is 0 Å². The van der Waals surface area contributed by atoms with Gasteiger partial charge in [-0.05, 0) is 36.1 Å². The third kappa shape index (κ3) is 3.29. The van der Waals surface area contributed by atoms with Gasteiger partial charge in [-0.2, -0.15) is 18.3 Å². The van der Waals surface area contributed by atoms with Gasteiger partial charge >= 0.3 is 12.1 Å². The number of hydrogen-bond donors (Lipinski definition) is 2. The summed E-state index contributed by atoms with van der Waals surface area (Å²) < 4.78 is 40.2. The van der Waals surface area contributed by atoms with E-state index in [1.54, 1.807) is 0 Å². The van der Waals surface area contributed by atoms with E-state index in [-0.39, 0.29) is 22.9 Å². The molecule has 138 valence electrons. The molecule has 9 heteroatoms. The number of alkyl halides is 3.